The highest BCUT2D eigenvalue weighted by atomic mass is 16.5. The minimum Gasteiger partial charge on any atom is -0.488 e. The number of H-pyrrole nitrogens is 2. The molecule has 3 aliphatic heterocycles. The highest BCUT2D eigenvalue weighted by molar-refractivity contribution is 6.08. The smallest absolute Gasteiger partial charge is 0.407 e. The van der Waals surface area contributed by atoms with Crippen molar-refractivity contribution in [3.63, 3.8) is 0 Å². The zero-order chi connectivity index (χ0) is 43.9. The molecule has 2 saturated heterocycles. The summed E-state index contributed by atoms with van der Waals surface area (Å²) in [6.07, 6.45) is 2.83. The monoisotopic (exact) mass is 853 g/mol. The number of methoxy groups -OCH3 is 3. The molecule has 2 fully saturated rings. The molecule has 326 valence electrons. The fourth-order valence-corrected chi connectivity index (χ4v) is 9.67. The van der Waals surface area contributed by atoms with Gasteiger partial charge in [-0.3, -0.25) is 9.59 Å². The molecule has 9 rings (SSSR count). The van der Waals surface area contributed by atoms with Gasteiger partial charge in [-0.2, -0.15) is 0 Å². The molecule has 0 spiro atoms. The number of hydrogen-bond donors (Lipinski definition) is 4. The molecular weight excluding hydrogens is 803 g/mol. The Hall–Kier alpha value is -6.87. The van der Waals surface area contributed by atoms with Crippen LogP contribution in [-0.2, 0) is 30.4 Å². The summed E-state index contributed by atoms with van der Waals surface area (Å²) >= 11 is 0. The Morgan fingerprint density at radius 2 is 1.65 bits per heavy atom. The van der Waals surface area contributed by atoms with Crippen molar-refractivity contribution in [1.29, 1.82) is 0 Å². The van der Waals surface area contributed by atoms with Gasteiger partial charge in [0.15, 0.2) is 0 Å². The summed E-state index contributed by atoms with van der Waals surface area (Å²) in [4.78, 5) is 67.9. The number of rotatable bonds is 10. The van der Waals surface area contributed by atoms with E-state index in [2.05, 4.69) is 69.1 Å². The molecule has 6 atom stereocenters. The van der Waals surface area contributed by atoms with E-state index in [0.717, 1.165) is 73.9 Å². The average molecular weight is 854 g/mol. The van der Waals surface area contributed by atoms with Gasteiger partial charge in [-0.15, -0.1) is 0 Å². The van der Waals surface area contributed by atoms with Gasteiger partial charge in [0.1, 0.15) is 30.3 Å². The van der Waals surface area contributed by atoms with E-state index >= 15 is 0 Å². The van der Waals surface area contributed by atoms with Crippen molar-refractivity contribution in [3.8, 4) is 28.1 Å². The number of likely N-dealkylation sites (tertiary alicyclic amines) is 2. The maximum absolute atomic E-state index is 14.3. The van der Waals surface area contributed by atoms with Gasteiger partial charge in [0, 0.05) is 59.4 Å². The zero-order valence-electron chi connectivity index (χ0n) is 35.9. The molecule has 4 amide bonds. The maximum Gasteiger partial charge on any atom is 0.407 e. The minimum atomic E-state index is -0.944. The second-order valence-corrected chi connectivity index (χ2v) is 16.7. The first kappa shape index (κ1) is 41.5. The molecular formula is C48H51N7O8. The molecule has 0 bridgehead atoms. The number of nitrogens with zero attached hydrogens (tertiary/aromatic N) is 3. The number of nitrogens with one attached hydrogen (secondary N) is 4. The van der Waals surface area contributed by atoms with Crippen LogP contribution < -0.4 is 15.4 Å². The van der Waals surface area contributed by atoms with Crippen LogP contribution in [0.5, 0.6) is 5.75 Å². The Labute approximate surface area is 364 Å². The lowest BCUT2D eigenvalue weighted by atomic mass is 9.92. The lowest BCUT2D eigenvalue weighted by Crippen LogP contribution is -2.48. The van der Waals surface area contributed by atoms with Crippen LogP contribution in [0.3, 0.4) is 0 Å². The Morgan fingerprint density at radius 3 is 2.43 bits per heavy atom. The van der Waals surface area contributed by atoms with Crippen molar-refractivity contribution in [2.75, 3.05) is 34.5 Å². The lowest BCUT2D eigenvalue weighted by molar-refractivity contribution is -0.136. The normalized spacial score (nSPS) is 20.1. The first-order valence-corrected chi connectivity index (χ1v) is 21.3. The molecule has 2 aromatic heterocycles. The summed E-state index contributed by atoms with van der Waals surface area (Å²) in [7, 11) is 4.21. The predicted molar refractivity (Wildman–Crippen MR) is 236 cm³/mol. The quantitative estimate of drug-likeness (QED) is 0.107. The van der Waals surface area contributed by atoms with Crippen molar-refractivity contribution in [1.82, 2.24) is 35.4 Å². The van der Waals surface area contributed by atoms with E-state index < -0.39 is 24.3 Å². The van der Waals surface area contributed by atoms with Crippen LogP contribution in [0.1, 0.15) is 73.9 Å². The third-order valence-corrected chi connectivity index (χ3v) is 12.8. The second-order valence-electron chi connectivity index (χ2n) is 16.7. The SMILES string of the molecule is COC[C@H]1C[C@@H](c2nc(-c3ccc4c(c3)COc3cc5c(ccc6cc([C@@H]7CC[C@H](C)N7C(=O)[C@H](C)NC(=O)OC)[nH]c65)cc3-4)c[nH]2)N(C(=O)[C@H](NC(=O)OC)c2ccccc2)C1. The highest BCUT2D eigenvalue weighted by Crippen LogP contribution is 2.44. The van der Waals surface area contributed by atoms with Gasteiger partial charge in [-0.1, -0.05) is 54.6 Å². The molecule has 0 radical (unpaired) electrons. The number of ether oxygens (including phenoxy) is 4. The number of aromatic amines is 2. The van der Waals surface area contributed by atoms with Crippen molar-refractivity contribution >= 4 is 45.7 Å². The van der Waals surface area contributed by atoms with E-state index in [0.29, 0.717) is 37.6 Å². The van der Waals surface area contributed by atoms with Crippen LogP contribution in [-0.4, -0.2) is 95.3 Å². The number of fused-ring (bicyclic) bond motifs is 6. The molecule has 63 heavy (non-hydrogen) atoms. The number of carbonyl (C=O) groups excluding carboxylic acids is 4. The van der Waals surface area contributed by atoms with E-state index in [1.165, 1.54) is 14.2 Å². The van der Waals surface area contributed by atoms with Crippen LogP contribution >= 0.6 is 0 Å². The topological polar surface area (TPSA) is 180 Å². The Kier molecular flexibility index (Phi) is 11.3. The third-order valence-electron chi connectivity index (χ3n) is 12.8. The number of alkyl carbamates (subject to hydrolysis) is 2. The Morgan fingerprint density at radius 1 is 0.873 bits per heavy atom. The van der Waals surface area contributed by atoms with Gasteiger partial charge in [0.2, 0.25) is 5.91 Å². The van der Waals surface area contributed by atoms with Crippen molar-refractivity contribution in [2.24, 2.45) is 5.92 Å². The number of imidazole rings is 1. The van der Waals surface area contributed by atoms with Gasteiger partial charge >= 0.3 is 12.2 Å². The van der Waals surface area contributed by atoms with Crippen LogP contribution in [0, 0.1) is 5.92 Å². The van der Waals surface area contributed by atoms with Crippen LogP contribution in [0.2, 0.25) is 0 Å². The molecule has 5 heterocycles. The molecule has 15 heteroatoms. The lowest BCUT2D eigenvalue weighted by Gasteiger charge is -2.30. The number of amides is 4. The van der Waals surface area contributed by atoms with E-state index in [1.807, 2.05) is 48.4 Å². The fourth-order valence-electron chi connectivity index (χ4n) is 9.67. The third kappa shape index (κ3) is 7.81. The minimum absolute atomic E-state index is 0.0160. The molecule has 0 unspecified atom stereocenters. The molecule has 6 aromatic rings. The summed E-state index contributed by atoms with van der Waals surface area (Å²) in [5.41, 5.74) is 7.33. The summed E-state index contributed by atoms with van der Waals surface area (Å²) in [6, 6.07) is 23.9. The van der Waals surface area contributed by atoms with Gasteiger partial charge in [-0.25, -0.2) is 14.6 Å². The standard InChI is InChI=1S/C48H51N7O8/c1-26-11-16-39(55(26)45(56)27(2)50-47(58)61-4)37-20-32-13-12-30-19-36-34-15-14-31(18-33(34)25-63-41(36)21-35(30)42(32)51-37)38-22-49-44(52-38)40-17-28(24-60-3)23-54(40)46(57)43(53-48(59)62-5)29-9-7-6-8-10-29/h6-10,12-15,18-22,26-28,39-40,43,51H,11,16-17,23-25H2,1-5H3,(H,49,52)(H,50,58)(H,53,59)/t26-,27-,28-,39-,40-,43+/m0/s1. The Balaban J connectivity index is 0.972. The van der Waals surface area contributed by atoms with E-state index in [1.54, 1.807) is 18.9 Å². The molecule has 4 N–H and O–H groups in total. The van der Waals surface area contributed by atoms with Crippen LogP contribution in [0.15, 0.2) is 85.1 Å². The van der Waals surface area contributed by atoms with Gasteiger partial charge in [0.25, 0.3) is 5.91 Å². The fraction of sp³-hybridized carbons (Fsp3) is 0.354. The Bertz CT molecular complexity index is 2710. The van der Waals surface area contributed by atoms with Crippen LogP contribution in [0.25, 0.3) is 44.1 Å². The predicted octanol–water partition coefficient (Wildman–Crippen LogP) is 7.70. The number of aromatic nitrogens is 3. The summed E-state index contributed by atoms with van der Waals surface area (Å²) in [5.74, 6) is 1.10. The summed E-state index contributed by atoms with van der Waals surface area (Å²) in [5, 5.41) is 8.47. The maximum atomic E-state index is 14.3. The molecule has 15 nitrogen and oxygen atoms in total. The second kappa shape index (κ2) is 17.1. The molecule has 3 aliphatic rings. The number of carbonyl (C=O) groups is 4. The molecule has 4 aromatic carbocycles. The highest BCUT2D eigenvalue weighted by Gasteiger charge is 2.42. The van der Waals surface area contributed by atoms with Crippen molar-refractivity contribution in [3.05, 3.63) is 108 Å². The van der Waals surface area contributed by atoms with Gasteiger partial charge in [0.05, 0.1) is 44.1 Å². The van der Waals surface area contributed by atoms with E-state index in [4.69, 9.17) is 23.9 Å². The van der Waals surface area contributed by atoms with Crippen LogP contribution in [0.4, 0.5) is 9.59 Å². The summed E-state index contributed by atoms with van der Waals surface area (Å²) < 4.78 is 21.6. The van der Waals surface area contributed by atoms with Crippen molar-refractivity contribution < 1.29 is 38.1 Å². The number of hydrogen-bond acceptors (Lipinski definition) is 9. The molecule has 0 saturated carbocycles. The van der Waals surface area contributed by atoms with E-state index in [9.17, 15) is 19.2 Å². The number of benzene rings is 4. The largest absolute Gasteiger partial charge is 0.488 e. The first-order chi connectivity index (χ1) is 30.5. The first-order valence-electron chi connectivity index (χ1n) is 21.3. The zero-order valence-corrected chi connectivity index (χ0v) is 35.9. The molecule has 0 aliphatic carbocycles. The van der Waals surface area contributed by atoms with Gasteiger partial charge < -0.3 is 49.3 Å². The van der Waals surface area contributed by atoms with Gasteiger partial charge in [-0.05, 0) is 79.5 Å². The summed E-state index contributed by atoms with van der Waals surface area (Å²) in [6.45, 7) is 5.02. The average Bonchev–Trinajstić information content (AvgIpc) is 4.13. The van der Waals surface area contributed by atoms with Crippen molar-refractivity contribution in [2.45, 2.75) is 69.9 Å². The van der Waals surface area contributed by atoms with E-state index in [-0.39, 0.29) is 35.9 Å².